The maximum Gasteiger partial charge on any atom is 0.337 e. The van der Waals surface area contributed by atoms with Gasteiger partial charge in [0.2, 0.25) is 11.3 Å². The molecule has 9 heteroatoms. The van der Waals surface area contributed by atoms with Gasteiger partial charge in [-0.1, -0.05) is 42.5 Å². The summed E-state index contributed by atoms with van der Waals surface area (Å²) in [6, 6.07) is 16.9. The van der Waals surface area contributed by atoms with Crippen LogP contribution in [0.25, 0.3) is 0 Å². The maximum absolute atomic E-state index is 12.2. The van der Waals surface area contributed by atoms with Gasteiger partial charge in [0.05, 0.1) is 19.3 Å². The highest BCUT2D eigenvalue weighted by Crippen LogP contribution is 2.25. The molecule has 0 amide bonds. The molecule has 0 aliphatic carbocycles. The molecule has 32 heavy (non-hydrogen) atoms. The third-order valence-corrected chi connectivity index (χ3v) is 6.50. The zero-order chi connectivity index (χ0) is 22.9. The lowest BCUT2D eigenvalue weighted by Gasteiger charge is -2.40. The van der Waals surface area contributed by atoms with E-state index in [1.54, 1.807) is 24.3 Å². The molecule has 0 spiro atoms. The topological polar surface area (TPSA) is 93.5 Å². The highest BCUT2D eigenvalue weighted by molar-refractivity contribution is 7.76. The van der Waals surface area contributed by atoms with E-state index < -0.39 is 17.2 Å². The van der Waals surface area contributed by atoms with Crippen molar-refractivity contribution in [3.8, 4) is 0 Å². The number of methoxy groups -OCH3 is 1. The van der Waals surface area contributed by atoms with Gasteiger partial charge in [0.1, 0.15) is 0 Å². The number of aliphatic hydroxyl groups is 1. The second-order valence-electron chi connectivity index (χ2n) is 7.77. The molecule has 1 heterocycles. The largest absolute Gasteiger partial charge is 0.465 e. The van der Waals surface area contributed by atoms with E-state index in [-0.39, 0.29) is 19.2 Å². The Morgan fingerprint density at radius 3 is 2.31 bits per heavy atom. The van der Waals surface area contributed by atoms with E-state index in [2.05, 4.69) is 9.80 Å². The molecular formula is C23H31N3O5S. The lowest BCUT2D eigenvalue weighted by atomic mass is 10.0. The molecule has 1 aliphatic rings. The molecule has 174 valence electrons. The van der Waals surface area contributed by atoms with Gasteiger partial charge in [-0.25, -0.2) is 9.00 Å². The summed E-state index contributed by atoms with van der Waals surface area (Å²) in [7, 11) is 1.33. The molecule has 2 N–H and O–H groups in total. The highest BCUT2D eigenvalue weighted by atomic mass is 32.2. The SMILES string of the molecule is COC(=O)c1ccc(CN(CC(c2ccccc2)N2CCN(CCO)CC2)S(=O)O)cc1. The van der Waals surface area contributed by atoms with Crippen molar-refractivity contribution in [3.63, 3.8) is 0 Å². The van der Waals surface area contributed by atoms with Gasteiger partial charge in [0.15, 0.2) is 0 Å². The Labute approximate surface area is 191 Å². The molecule has 2 aromatic rings. The number of carbonyl (C=O) groups is 1. The Hall–Kier alpha value is -2.14. The van der Waals surface area contributed by atoms with Gasteiger partial charge in [-0.3, -0.25) is 14.4 Å². The predicted molar refractivity (Wildman–Crippen MR) is 123 cm³/mol. The van der Waals surface area contributed by atoms with Crippen molar-refractivity contribution < 1.29 is 23.4 Å². The van der Waals surface area contributed by atoms with Crippen molar-refractivity contribution in [1.82, 2.24) is 14.1 Å². The number of carbonyl (C=O) groups excluding carboxylic acids is 1. The molecule has 1 saturated heterocycles. The summed E-state index contributed by atoms with van der Waals surface area (Å²) >= 11 is -2.16. The molecule has 0 saturated carbocycles. The fourth-order valence-corrected chi connectivity index (χ4v) is 4.52. The maximum atomic E-state index is 12.2. The van der Waals surface area contributed by atoms with Gasteiger partial charge >= 0.3 is 5.97 Å². The average Bonchev–Trinajstić information content (AvgIpc) is 2.83. The Morgan fingerprint density at radius 2 is 1.75 bits per heavy atom. The van der Waals surface area contributed by atoms with Crippen molar-refractivity contribution in [2.24, 2.45) is 0 Å². The lowest BCUT2D eigenvalue weighted by molar-refractivity contribution is 0.0600. The van der Waals surface area contributed by atoms with Crippen LogP contribution >= 0.6 is 0 Å². The van der Waals surface area contributed by atoms with Gasteiger partial charge in [0, 0.05) is 51.9 Å². The van der Waals surface area contributed by atoms with E-state index in [9.17, 15) is 18.7 Å². The highest BCUT2D eigenvalue weighted by Gasteiger charge is 2.28. The fraction of sp³-hybridized carbons (Fsp3) is 0.435. The molecule has 0 bridgehead atoms. The van der Waals surface area contributed by atoms with Crippen LogP contribution in [0.1, 0.15) is 27.5 Å². The first-order chi connectivity index (χ1) is 15.5. The summed E-state index contributed by atoms with van der Waals surface area (Å²) in [5.41, 5.74) is 2.37. The Balaban J connectivity index is 1.75. The first kappa shape index (κ1) is 24.5. The van der Waals surface area contributed by atoms with Crippen molar-refractivity contribution in [1.29, 1.82) is 0 Å². The minimum atomic E-state index is -2.16. The summed E-state index contributed by atoms with van der Waals surface area (Å²) in [6.45, 7) is 4.80. The van der Waals surface area contributed by atoms with Gasteiger partial charge in [-0.05, 0) is 23.3 Å². The number of β-amino-alcohol motifs (C(OH)–C–C–N with tert-alkyl or cyclic N) is 1. The van der Waals surface area contributed by atoms with Crippen LogP contribution in [-0.4, -0.2) is 86.9 Å². The number of benzene rings is 2. The van der Waals surface area contributed by atoms with E-state index >= 15 is 0 Å². The molecule has 2 atom stereocenters. The number of piperazine rings is 1. The monoisotopic (exact) mass is 461 g/mol. The zero-order valence-corrected chi connectivity index (χ0v) is 19.1. The van der Waals surface area contributed by atoms with Crippen LogP contribution < -0.4 is 0 Å². The van der Waals surface area contributed by atoms with Crippen molar-refractivity contribution >= 4 is 17.2 Å². The van der Waals surface area contributed by atoms with Crippen molar-refractivity contribution in [2.45, 2.75) is 12.6 Å². The summed E-state index contributed by atoms with van der Waals surface area (Å²) in [5.74, 6) is -0.413. The number of hydrogen-bond acceptors (Lipinski definition) is 6. The van der Waals surface area contributed by atoms with E-state index in [0.29, 0.717) is 18.7 Å². The number of rotatable bonds is 10. The molecule has 0 aromatic heterocycles. The van der Waals surface area contributed by atoms with Crippen LogP contribution in [0.4, 0.5) is 0 Å². The van der Waals surface area contributed by atoms with Crippen LogP contribution in [0.5, 0.6) is 0 Å². The van der Waals surface area contributed by atoms with Crippen LogP contribution in [0.15, 0.2) is 54.6 Å². The van der Waals surface area contributed by atoms with Gasteiger partial charge in [0.25, 0.3) is 0 Å². The van der Waals surface area contributed by atoms with Crippen LogP contribution in [0.3, 0.4) is 0 Å². The van der Waals surface area contributed by atoms with E-state index in [1.807, 2.05) is 30.3 Å². The molecule has 1 fully saturated rings. The molecule has 2 unspecified atom stereocenters. The molecule has 2 aromatic carbocycles. The summed E-state index contributed by atoms with van der Waals surface area (Å²) < 4.78 is 28.5. The Kier molecular flexibility index (Phi) is 9.34. The van der Waals surface area contributed by atoms with Crippen LogP contribution in [0.2, 0.25) is 0 Å². The standard InChI is InChI=1S/C23H31N3O5S/c1-31-23(28)21-9-7-19(8-10-21)17-26(32(29)30)18-22(20-5-3-2-4-6-20)25-13-11-24(12-14-25)15-16-27/h2-10,22,27H,11-18H2,1H3,(H,29,30). The van der Waals surface area contributed by atoms with Gasteiger partial charge in [-0.2, -0.15) is 4.31 Å². The summed E-state index contributed by atoms with van der Waals surface area (Å²) in [6.07, 6.45) is 0. The molecule has 3 rings (SSSR count). The minimum Gasteiger partial charge on any atom is -0.465 e. The van der Waals surface area contributed by atoms with E-state index in [1.165, 1.54) is 11.4 Å². The quantitative estimate of drug-likeness (QED) is 0.411. The Bertz CT molecular complexity index is 873. The number of hydrogen-bond donors (Lipinski definition) is 2. The molecule has 8 nitrogen and oxygen atoms in total. The first-order valence-corrected chi connectivity index (χ1v) is 11.7. The summed E-state index contributed by atoms with van der Waals surface area (Å²) in [5, 5.41) is 9.20. The Morgan fingerprint density at radius 1 is 1.09 bits per heavy atom. The average molecular weight is 462 g/mol. The second-order valence-corrected chi connectivity index (χ2v) is 8.75. The smallest absolute Gasteiger partial charge is 0.337 e. The first-order valence-electron chi connectivity index (χ1n) is 10.7. The second kappa shape index (κ2) is 12.2. The fourth-order valence-electron chi connectivity index (χ4n) is 3.99. The normalized spacial score (nSPS) is 17.2. The van der Waals surface area contributed by atoms with Crippen LogP contribution in [-0.2, 0) is 22.5 Å². The third-order valence-electron chi connectivity index (χ3n) is 5.78. The number of esters is 1. The molecular weight excluding hydrogens is 430 g/mol. The molecule has 0 radical (unpaired) electrons. The number of aliphatic hydroxyl groups excluding tert-OH is 1. The lowest BCUT2D eigenvalue weighted by Crippen LogP contribution is -2.50. The summed E-state index contributed by atoms with van der Waals surface area (Å²) in [4.78, 5) is 16.2. The zero-order valence-electron chi connectivity index (χ0n) is 18.3. The number of ether oxygens (including phenoxy) is 1. The minimum absolute atomic E-state index is 0.0436. The van der Waals surface area contributed by atoms with Crippen molar-refractivity contribution in [2.75, 3.05) is 53.0 Å². The number of nitrogens with zero attached hydrogens (tertiary/aromatic N) is 3. The predicted octanol–water partition coefficient (Wildman–Crippen LogP) is 1.76. The van der Waals surface area contributed by atoms with Crippen molar-refractivity contribution in [3.05, 3.63) is 71.3 Å². The van der Waals surface area contributed by atoms with E-state index in [0.717, 1.165) is 37.3 Å². The third kappa shape index (κ3) is 6.68. The van der Waals surface area contributed by atoms with E-state index in [4.69, 9.17) is 4.74 Å². The van der Waals surface area contributed by atoms with Crippen LogP contribution in [0, 0.1) is 0 Å². The van der Waals surface area contributed by atoms with Gasteiger partial charge < -0.3 is 9.84 Å². The molecule has 1 aliphatic heterocycles. The van der Waals surface area contributed by atoms with Gasteiger partial charge in [-0.15, -0.1) is 0 Å².